The van der Waals surface area contributed by atoms with Crippen molar-refractivity contribution in [2.75, 3.05) is 0 Å². The summed E-state index contributed by atoms with van der Waals surface area (Å²) >= 11 is 1.59. The Hall–Kier alpha value is -2.20. The number of aromatic carboxylic acids is 1. The van der Waals surface area contributed by atoms with E-state index < -0.39 is 5.97 Å². The topological polar surface area (TPSA) is 50.4 Å². The number of aryl methyl sites for hydroxylation is 1. The number of hydrogen-bond acceptors (Lipinski definition) is 3. The van der Waals surface area contributed by atoms with E-state index in [4.69, 9.17) is 4.42 Å². The Balaban J connectivity index is 1.95. The van der Waals surface area contributed by atoms with Gasteiger partial charge >= 0.3 is 5.97 Å². The average molecular weight is 298 g/mol. The molecule has 0 aliphatic heterocycles. The maximum atomic E-state index is 11.5. The molecule has 0 saturated carbocycles. The normalized spacial score (nSPS) is 10.9. The van der Waals surface area contributed by atoms with Crippen LogP contribution in [0, 0.1) is 6.92 Å². The number of hydrogen-bond donors (Lipinski definition) is 1. The molecule has 2 aromatic carbocycles. The van der Waals surface area contributed by atoms with E-state index in [2.05, 4.69) is 0 Å². The van der Waals surface area contributed by atoms with Crippen LogP contribution in [0.3, 0.4) is 0 Å². The van der Waals surface area contributed by atoms with E-state index in [9.17, 15) is 9.90 Å². The van der Waals surface area contributed by atoms with Gasteiger partial charge in [-0.05, 0) is 24.6 Å². The highest BCUT2D eigenvalue weighted by molar-refractivity contribution is 7.98. The Bertz CT molecular complexity index is 805. The Morgan fingerprint density at radius 2 is 1.86 bits per heavy atom. The number of benzene rings is 2. The molecular weight excluding hydrogens is 284 g/mol. The van der Waals surface area contributed by atoms with Gasteiger partial charge in [0.2, 0.25) is 0 Å². The highest BCUT2D eigenvalue weighted by Crippen LogP contribution is 2.32. The second kappa shape index (κ2) is 5.66. The Labute approximate surface area is 126 Å². The number of furan rings is 1. The number of carbonyl (C=O) groups is 1. The van der Waals surface area contributed by atoms with Gasteiger partial charge in [-0.3, -0.25) is 0 Å². The van der Waals surface area contributed by atoms with Crippen LogP contribution in [0.15, 0.2) is 57.8 Å². The molecule has 0 saturated heterocycles. The number of para-hydroxylation sites is 1. The first-order valence-electron chi connectivity index (χ1n) is 6.59. The first-order valence-corrected chi connectivity index (χ1v) is 7.57. The minimum atomic E-state index is -0.944. The molecule has 4 heteroatoms. The minimum Gasteiger partial charge on any atom is -0.478 e. The Morgan fingerprint density at radius 1 is 1.14 bits per heavy atom. The third-order valence-electron chi connectivity index (χ3n) is 3.33. The van der Waals surface area contributed by atoms with Crippen LogP contribution in [-0.4, -0.2) is 11.1 Å². The van der Waals surface area contributed by atoms with Gasteiger partial charge in [0.1, 0.15) is 16.9 Å². The summed E-state index contributed by atoms with van der Waals surface area (Å²) in [5.74, 6) is 0.0681. The summed E-state index contributed by atoms with van der Waals surface area (Å²) in [7, 11) is 0. The van der Waals surface area contributed by atoms with Gasteiger partial charge in [0, 0.05) is 10.3 Å². The van der Waals surface area contributed by atoms with Crippen LogP contribution in [0.1, 0.15) is 21.7 Å². The molecule has 3 aromatic rings. The smallest absolute Gasteiger partial charge is 0.339 e. The lowest BCUT2D eigenvalue weighted by Crippen LogP contribution is -1.98. The predicted molar refractivity (Wildman–Crippen MR) is 83.9 cm³/mol. The highest BCUT2D eigenvalue weighted by Gasteiger charge is 2.20. The molecule has 21 heavy (non-hydrogen) atoms. The number of carboxylic acids is 1. The monoisotopic (exact) mass is 298 g/mol. The van der Waals surface area contributed by atoms with Crippen molar-refractivity contribution in [2.45, 2.75) is 17.6 Å². The molecule has 1 N–H and O–H groups in total. The first-order chi connectivity index (χ1) is 10.2. The Morgan fingerprint density at radius 3 is 2.62 bits per heavy atom. The molecule has 1 aromatic heterocycles. The van der Waals surface area contributed by atoms with Crippen molar-refractivity contribution in [3.05, 3.63) is 65.4 Å². The van der Waals surface area contributed by atoms with Gasteiger partial charge in [-0.1, -0.05) is 36.4 Å². The number of thioether (sulfide) groups is 1. The van der Waals surface area contributed by atoms with Gasteiger partial charge in [-0.2, -0.15) is 0 Å². The molecule has 0 aliphatic carbocycles. The lowest BCUT2D eigenvalue weighted by atomic mass is 10.1. The SMILES string of the molecule is Cc1ccccc1SCc1oc2ccccc2c1C(=O)O. The van der Waals surface area contributed by atoms with E-state index in [1.165, 1.54) is 5.56 Å². The molecule has 0 bridgehead atoms. The van der Waals surface area contributed by atoms with Gasteiger partial charge < -0.3 is 9.52 Å². The molecule has 0 amide bonds. The van der Waals surface area contributed by atoms with Crippen LogP contribution in [0.4, 0.5) is 0 Å². The second-order valence-electron chi connectivity index (χ2n) is 4.76. The van der Waals surface area contributed by atoms with Crippen LogP contribution in [0.5, 0.6) is 0 Å². The number of carboxylic acid groups (broad SMARTS) is 1. The molecule has 3 nitrogen and oxygen atoms in total. The molecular formula is C17H14O3S. The summed E-state index contributed by atoms with van der Waals surface area (Å²) in [6.07, 6.45) is 0. The van der Waals surface area contributed by atoms with Crippen molar-refractivity contribution in [2.24, 2.45) is 0 Å². The molecule has 0 aliphatic rings. The second-order valence-corrected chi connectivity index (χ2v) is 5.77. The molecule has 0 spiro atoms. The van der Waals surface area contributed by atoms with E-state index in [1.807, 2.05) is 43.3 Å². The van der Waals surface area contributed by atoms with Crippen molar-refractivity contribution in [3.8, 4) is 0 Å². The van der Waals surface area contributed by atoms with Crippen LogP contribution >= 0.6 is 11.8 Å². The van der Waals surface area contributed by atoms with E-state index in [0.717, 1.165) is 4.90 Å². The number of rotatable bonds is 4. The zero-order valence-corrected chi connectivity index (χ0v) is 12.3. The standard InChI is InChI=1S/C17H14O3S/c1-11-6-2-5-9-15(11)21-10-14-16(17(18)19)12-7-3-4-8-13(12)20-14/h2-9H,10H2,1H3,(H,18,19). The fraction of sp³-hybridized carbons (Fsp3) is 0.118. The van der Waals surface area contributed by atoms with Crippen molar-refractivity contribution in [3.63, 3.8) is 0 Å². The number of fused-ring (bicyclic) bond motifs is 1. The molecule has 0 fully saturated rings. The summed E-state index contributed by atoms with van der Waals surface area (Å²) in [4.78, 5) is 12.6. The lowest BCUT2D eigenvalue weighted by Gasteiger charge is -2.04. The molecule has 0 radical (unpaired) electrons. The van der Waals surface area contributed by atoms with Crippen molar-refractivity contribution in [1.82, 2.24) is 0 Å². The quantitative estimate of drug-likeness (QED) is 0.707. The van der Waals surface area contributed by atoms with Crippen LogP contribution in [-0.2, 0) is 5.75 Å². The van der Waals surface area contributed by atoms with Crippen molar-refractivity contribution >= 4 is 28.7 Å². The van der Waals surface area contributed by atoms with Crippen LogP contribution in [0.2, 0.25) is 0 Å². The van der Waals surface area contributed by atoms with Crippen LogP contribution in [0.25, 0.3) is 11.0 Å². The van der Waals surface area contributed by atoms with Gasteiger partial charge in [0.25, 0.3) is 0 Å². The molecule has 0 atom stereocenters. The van der Waals surface area contributed by atoms with Crippen LogP contribution < -0.4 is 0 Å². The van der Waals surface area contributed by atoms with Gasteiger partial charge in [-0.25, -0.2) is 4.79 Å². The predicted octanol–water partition coefficient (Wildman–Crippen LogP) is 4.73. The zero-order chi connectivity index (χ0) is 14.8. The summed E-state index contributed by atoms with van der Waals surface area (Å²) in [5.41, 5.74) is 2.07. The first kappa shape index (κ1) is 13.8. The van der Waals surface area contributed by atoms with E-state index in [0.29, 0.717) is 22.5 Å². The summed E-state index contributed by atoms with van der Waals surface area (Å²) in [5, 5.41) is 10.1. The zero-order valence-electron chi connectivity index (χ0n) is 11.5. The molecule has 0 unspecified atom stereocenters. The molecule has 1 heterocycles. The average Bonchev–Trinajstić information content (AvgIpc) is 2.85. The fourth-order valence-electron chi connectivity index (χ4n) is 2.29. The third kappa shape index (κ3) is 2.67. The minimum absolute atomic E-state index is 0.270. The van der Waals surface area contributed by atoms with Gasteiger partial charge in [-0.15, -0.1) is 11.8 Å². The highest BCUT2D eigenvalue weighted by atomic mass is 32.2. The van der Waals surface area contributed by atoms with Gasteiger partial charge in [0.15, 0.2) is 0 Å². The molecule has 106 valence electrons. The maximum Gasteiger partial charge on any atom is 0.339 e. The third-order valence-corrected chi connectivity index (χ3v) is 4.51. The summed E-state index contributed by atoms with van der Waals surface area (Å²) in [6, 6.07) is 15.3. The van der Waals surface area contributed by atoms with Crippen molar-refractivity contribution < 1.29 is 14.3 Å². The van der Waals surface area contributed by atoms with E-state index in [-0.39, 0.29) is 5.56 Å². The largest absolute Gasteiger partial charge is 0.478 e. The lowest BCUT2D eigenvalue weighted by molar-refractivity contribution is 0.0697. The summed E-state index contributed by atoms with van der Waals surface area (Å²) in [6.45, 7) is 2.04. The van der Waals surface area contributed by atoms with Gasteiger partial charge in [0.05, 0.1) is 5.75 Å². The van der Waals surface area contributed by atoms with E-state index >= 15 is 0 Å². The van der Waals surface area contributed by atoms with E-state index in [1.54, 1.807) is 23.9 Å². The van der Waals surface area contributed by atoms with Crippen molar-refractivity contribution in [1.29, 1.82) is 0 Å². The fourth-order valence-corrected chi connectivity index (χ4v) is 3.25. The molecule has 3 rings (SSSR count). The Kier molecular flexibility index (Phi) is 3.71. The summed E-state index contributed by atoms with van der Waals surface area (Å²) < 4.78 is 5.72. The maximum absolute atomic E-state index is 11.5.